The predicted molar refractivity (Wildman–Crippen MR) is 387 cm³/mol. The third-order valence-electron chi connectivity index (χ3n) is 17.0. The minimum Gasteiger partial charge on any atom is -0.422 e. The van der Waals surface area contributed by atoms with Crippen molar-refractivity contribution in [3.8, 4) is 56.4 Å². The Bertz CT molecular complexity index is 5890. The summed E-state index contributed by atoms with van der Waals surface area (Å²) in [4.78, 5) is 32.7. The number of hydrogen-bond acceptors (Lipinski definition) is 9. The first-order valence-corrected chi connectivity index (χ1v) is 31.8. The molecule has 14 heteroatoms. The molecule has 0 unspecified atom stereocenters. The Kier molecular flexibility index (Phi) is 14.9. The predicted octanol–water partition coefficient (Wildman–Crippen LogP) is 18.7. The molecule has 0 aliphatic carbocycles. The normalized spacial score (nSPS) is 11.4. The second-order valence-corrected chi connectivity index (χ2v) is 24.4. The molecule has 0 spiro atoms. The van der Waals surface area contributed by atoms with Crippen LogP contribution in [0.5, 0.6) is 0 Å². The van der Waals surface area contributed by atoms with Gasteiger partial charge >= 0.3 is 7.12 Å². The maximum atomic E-state index is 8.88. The fourth-order valence-corrected chi connectivity index (χ4v) is 13.6. The van der Waals surface area contributed by atoms with Crippen molar-refractivity contribution in [1.29, 1.82) is 0 Å². The summed E-state index contributed by atoms with van der Waals surface area (Å²) in [5.41, 5.74) is 15.7. The van der Waals surface area contributed by atoms with Crippen LogP contribution in [0.3, 0.4) is 0 Å². The summed E-state index contributed by atoms with van der Waals surface area (Å²) < 4.78 is 6.71. The Morgan fingerprint density at radius 2 is 0.806 bits per heavy atom. The van der Waals surface area contributed by atoms with Gasteiger partial charge in [-0.15, -0.1) is 0 Å². The standard InChI is InChI=1S/C44H27N5.C26H15Br2N3.C9H8BNO2/c1-5-13-38-28(8-1)15-19-40(47-38)30-17-21-42-36(24-30)37-25-35(41-20-16-29-9-2-6-14-39(29)48-41)33-11-3-4-12-34(33)44(37)49(42)43-22-18-32(27-46-43)31-10-7-23-45-26-31;27-18-8-9-24-21(12-18)22-13-23(28)19-5-1-2-6-20(19)26(22)31(24)25-10-7-17(15-30-25)16-4-3-11-29-14-16;12-10(13)9-6-5-7-3-1-2-4-8(7)11-9/h1-27H;1-15H;1-6,12-13H. The molecule has 93 heavy (non-hydrogen) atoms. The Hall–Kier alpha value is -11.1. The number of hydrogen-bond donors (Lipinski definition) is 2. The van der Waals surface area contributed by atoms with Gasteiger partial charge in [-0.1, -0.05) is 171 Å². The molecular weight excluding hydrogens is 1280 g/mol. The minimum atomic E-state index is -1.50. The number of benzene rings is 9. The zero-order chi connectivity index (χ0) is 62.5. The van der Waals surface area contributed by atoms with Gasteiger partial charge in [0.25, 0.3) is 0 Å². The lowest BCUT2D eigenvalue weighted by atomic mass is 9.85. The smallest absolute Gasteiger partial charge is 0.422 e. The summed E-state index contributed by atoms with van der Waals surface area (Å²) in [5, 5.41) is 30.3. The van der Waals surface area contributed by atoms with Crippen LogP contribution in [0.15, 0.2) is 301 Å². The molecule has 0 aliphatic rings. The van der Waals surface area contributed by atoms with Crippen LogP contribution in [0, 0.1) is 0 Å². The Balaban J connectivity index is 0.000000132. The van der Waals surface area contributed by atoms with Crippen LogP contribution in [0.4, 0.5) is 0 Å². The van der Waals surface area contributed by atoms with Crippen molar-refractivity contribution >= 4 is 142 Å². The van der Waals surface area contributed by atoms with E-state index in [1.807, 2.05) is 91.5 Å². The van der Waals surface area contributed by atoms with E-state index in [1.165, 1.54) is 21.5 Å². The van der Waals surface area contributed by atoms with Gasteiger partial charge in [-0.3, -0.25) is 24.1 Å². The lowest BCUT2D eigenvalue weighted by molar-refractivity contribution is 0.424. The first kappa shape index (κ1) is 57.1. The van der Waals surface area contributed by atoms with Gasteiger partial charge < -0.3 is 10.0 Å². The molecule has 0 fully saturated rings. The molecule has 9 heterocycles. The second kappa shape index (κ2) is 24.2. The van der Waals surface area contributed by atoms with E-state index in [0.717, 1.165) is 142 Å². The molecule has 0 amide bonds. The van der Waals surface area contributed by atoms with E-state index in [0.29, 0.717) is 0 Å². The van der Waals surface area contributed by atoms with E-state index in [-0.39, 0.29) is 5.59 Å². The fraction of sp³-hybridized carbons (Fsp3) is 0. The second-order valence-electron chi connectivity index (χ2n) is 22.6. The van der Waals surface area contributed by atoms with Gasteiger partial charge in [0.05, 0.1) is 55.6 Å². The van der Waals surface area contributed by atoms with Gasteiger partial charge in [0.2, 0.25) is 0 Å². The molecule has 0 bridgehead atoms. The fourth-order valence-electron chi connectivity index (χ4n) is 12.6. The zero-order valence-corrected chi connectivity index (χ0v) is 52.6. The average Bonchev–Trinajstić information content (AvgIpc) is 1.59. The molecule has 9 aromatic carbocycles. The van der Waals surface area contributed by atoms with Crippen LogP contribution in [-0.4, -0.2) is 61.2 Å². The van der Waals surface area contributed by atoms with E-state index in [1.54, 1.807) is 18.5 Å². The molecule has 11 nitrogen and oxygen atoms in total. The SMILES string of the molecule is Brc1ccc2c(c1)c1cc(Br)c3ccccc3c1n2-c1ccc(-c2cccnc2)cn1.OB(O)c1ccc2ccccc2n1.c1cncc(-c2ccc(-n3c4ccc(-c5ccc6ccccc6n5)cc4c4cc(-c5ccc6ccccc6n5)c5ccccc5c43)nc2)c1. The number of para-hydroxylation sites is 3. The summed E-state index contributed by atoms with van der Waals surface area (Å²) in [7, 11) is -1.50. The summed E-state index contributed by atoms with van der Waals surface area (Å²) in [6, 6.07) is 87.2. The van der Waals surface area contributed by atoms with Crippen molar-refractivity contribution in [3.05, 3.63) is 301 Å². The Labute approximate surface area is 550 Å². The number of halogens is 2. The van der Waals surface area contributed by atoms with E-state index >= 15 is 0 Å². The average molecular weight is 1330 g/mol. The van der Waals surface area contributed by atoms with E-state index in [9.17, 15) is 0 Å². The van der Waals surface area contributed by atoms with Gasteiger partial charge in [0.15, 0.2) is 0 Å². The highest BCUT2D eigenvalue weighted by molar-refractivity contribution is 9.11. The van der Waals surface area contributed by atoms with Crippen molar-refractivity contribution in [2.24, 2.45) is 0 Å². The molecular formula is C79H50BBr2N9O2. The van der Waals surface area contributed by atoms with Gasteiger partial charge in [0, 0.05) is 128 Å². The molecule has 0 saturated carbocycles. The molecule has 18 rings (SSSR count). The highest BCUT2D eigenvalue weighted by Gasteiger charge is 2.22. The number of aromatic nitrogens is 9. The number of nitrogens with zero attached hydrogens (tertiary/aromatic N) is 9. The Morgan fingerprint density at radius 1 is 0.333 bits per heavy atom. The maximum Gasteiger partial charge on any atom is 0.508 e. The van der Waals surface area contributed by atoms with E-state index < -0.39 is 7.12 Å². The van der Waals surface area contributed by atoms with Crippen LogP contribution in [-0.2, 0) is 0 Å². The molecule has 0 saturated heterocycles. The lowest BCUT2D eigenvalue weighted by Crippen LogP contribution is -2.32. The quantitative estimate of drug-likeness (QED) is 0.149. The van der Waals surface area contributed by atoms with E-state index in [4.69, 9.17) is 30.0 Å². The Morgan fingerprint density at radius 3 is 1.38 bits per heavy atom. The molecule has 18 aromatic rings. The number of rotatable bonds is 7. The van der Waals surface area contributed by atoms with Gasteiger partial charge in [-0.05, 0) is 126 Å². The van der Waals surface area contributed by atoms with Gasteiger partial charge in [0.1, 0.15) is 11.6 Å². The molecule has 0 aliphatic heterocycles. The van der Waals surface area contributed by atoms with Crippen molar-refractivity contribution < 1.29 is 10.0 Å². The molecule has 2 N–H and O–H groups in total. The molecule has 440 valence electrons. The molecule has 9 aromatic heterocycles. The monoisotopic (exact) mass is 1330 g/mol. The summed E-state index contributed by atoms with van der Waals surface area (Å²) in [5.74, 6) is 1.74. The van der Waals surface area contributed by atoms with Crippen LogP contribution < -0.4 is 5.59 Å². The molecule has 0 atom stereocenters. The first-order valence-electron chi connectivity index (χ1n) is 30.2. The third-order valence-corrected chi connectivity index (χ3v) is 18.2. The van der Waals surface area contributed by atoms with Gasteiger partial charge in [-0.25, -0.2) is 19.9 Å². The van der Waals surface area contributed by atoms with Crippen molar-refractivity contribution in [2.75, 3.05) is 0 Å². The van der Waals surface area contributed by atoms with Crippen molar-refractivity contribution in [3.63, 3.8) is 0 Å². The number of fused-ring (bicyclic) bond motifs is 13. The van der Waals surface area contributed by atoms with E-state index in [2.05, 4.69) is 238 Å². The first-order chi connectivity index (χ1) is 45.8. The van der Waals surface area contributed by atoms with Crippen LogP contribution in [0.25, 0.3) is 154 Å². The van der Waals surface area contributed by atoms with Crippen molar-refractivity contribution in [2.45, 2.75) is 0 Å². The van der Waals surface area contributed by atoms with Crippen LogP contribution >= 0.6 is 31.9 Å². The minimum absolute atomic E-state index is 0.277. The van der Waals surface area contributed by atoms with Crippen molar-refractivity contribution in [1.82, 2.24) is 44.0 Å². The summed E-state index contributed by atoms with van der Waals surface area (Å²) in [6.07, 6.45) is 11.2. The van der Waals surface area contributed by atoms with Crippen LogP contribution in [0.2, 0.25) is 0 Å². The highest BCUT2D eigenvalue weighted by Crippen LogP contribution is 2.44. The summed E-state index contributed by atoms with van der Waals surface area (Å²) >= 11 is 7.43. The summed E-state index contributed by atoms with van der Waals surface area (Å²) in [6.45, 7) is 0. The topological polar surface area (TPSA) is 141 Å². The van der Waals surface area contributed by atoms with Crippen LogP contribution in [0.1, 0.15) is 0 Å². The zero-order valence-electron chi connectivity index (χ0n) is 49.5. The number of pyridine rings is 7. The third kappa shape index (κ3) is 10.7. The highest BCUT2D eigenvalue weighted by atomic mass is 79.9. The maximum absolute atomic E-state index is 8.88. The molecule has 0 radical (unpaired) electrons. The van der Waals surface area contributed by atoms with Gasteiger partial charge in [-0.2, -0.15) is 0 Å². The lowest BCUT2D eigenvalue weighted by Gasteiger charge is -2.12. The largest absolute Gasteiger partial charge is 0.508 e.